The molecule has 5 heterocycles. The maximum absolute atomic E-state index is 11.6. The van der Waals surface area contributed by atoms with Crippen LogP contribution in [-0.2, 0) is 10.0 Å². The van der Waals surface area contributed by atoms with E-state index in [1.165, 1.54) is 6.20 Å². The molecule has 172 valence electrons. The van der Waals surface area contributed by atoms with Crippen LogP contribution in [0.3, 0.4) is 0 Å². The van der Waals surface area contributed by atoms with Crippen molar-refractivity contribution in [1.82, 2.24) is 30.1 Å². The third kappa shape index (κ3) is 4.00. The van der Waals surface area contributed by atoms with Crippen molar-refractivity contribution in [2.45, 2.75) is 0 Å². The molecule has 0 fully saturated rings. The quantitative estimate of drug-likeness (QED) is 0.330. The van der Waals surface area contributed by atoms with Gasteiger partial charge in [0.1, 0.15) is 0 Å². The van der Waals surface area contributed by atoms with E-state index in [9.17, 15) is 8.42 Å². The molecule has 0 radical (unpaired) electrons. The van der Waals surface area contributed by atoms with E-state index in [1.807, 2.05) is 36.4 Å². The van der Waals surface area contributed by atoms with Gasteiger partial charge in [0, 0.05) is 51.6 Å². The Kier molecular flexibility index (Phi) is 4.82. The molecule has 0 saturated heterocycles. The summed E-state index contributed by atoms with van der Waals surface area (Å²) < 4.78 is 25.7. The SMILES string of the molecule is CS(=O)(=O)Nc1cncc(-c2cnc3n[nH]c(-c4cc5c(-c6ccccn6)cccc5[nH]4)c3c2)c1. The molecule has 6 aromatic rings. The fraction of sp³-hybridized carbons (Fsp3) is 0.0400. The molecule has 0 unspecified atom stereocenters. The monoisotopic (exact) mass is 481 g/mol. The first-order valence-electron chi connectivity index (χ1n) is 10.8. The van der Waals surface area contributed by atoms with Crippen LogP contribution >= 0.6 is 0 Å². The molecule has 3 N–H and O–H groups in total. The summed E-state index contributed by atoms with van der Waals surface area (Å²) in [5.74, 6) is 0. The number of hydrogen-bond acceptors (Lipinski definition) is 6. The smallest absolute Gasteiger partial charge is 0.229 e. The summed E-state index contributed by atoms with van der Waals surface area (Å²) in [6, 6.07) is 17.7. The van der Waals surface area contributed by atoms with Crippen molar-refractivity contribution < 1.29 is 8.42 Å². The molecule has 0 aliphatic carbocycles. The van der Waals surface area contributed by atoms with E-state index in [0.717, 1.165) is 56.3 Å². The highest BCUT2D eigenvalue weighted by molar-refractivity contribution is 7.92. The molecule has 0 aliphatic rings. The van der Waals surface area contributed by atoms with Crippen molar-refractivity contribution in [3.05, 3.63) is 79.4 Å². The molecule has 0 bridgehead atoms. The minimum Gasteiger partial charge on any atom is -0.353 e. The van der Waals surface area contributed by atoms with Gasteiger partial charge in [-0.3, -0.25) is 19.8 Å². The first-order valence-corrected chi connectivity index (χ1v) is 12.6. The average Bonchev–Trinajstić information content (AvgIpc) is 3.47. The number of sulfonamides is 1. The highest BCUT2D eigenvalue weighted by Crippen LogP contribution is 2.34. The minimum absolute atomic E-state index is 0.384. The second-order valence-corrected chi connectivity index (χ2v) is 9.94. The Bertz CT molecular complexity index is 1810. The van der Waals surface area contributed by atoms with Crippen LogP contribution in [0.4, 0.5) is 5.69 Å². The molecule has 0 spiro atoms. The molecular weight excluding hydrogens is 462 g/mol. The Labute approximate surface area is 200 Å². The van der Waals surface area contributed by atoms with Gasteiger partial charge in [0.25, 0.3) is 0 Å². The van der Waals surface area contributed by atoms with Crippen LogP contribution in [0.1, 0.15) is 0 Å². The van der Waals surface area contributed by atoms with Gasteiger partial charge in [0.05, 0.1) is 35.2 Å². The molecule has 10 heteroatoms. The molecule has 35 heavy (non-hydrogen) atoms. The number of aromatic amines is 2. The molecular formula is C25H19N7O2S. The number of anilines is 1. The molecule has 0 atom stereocenters. The van der Waals surface area contributed by atoms with Crippen LogP contribution in [0.25, 0.3) is 55.7 Å². The van der Waals surface area contributed by atoms with E-state index in [2.05, 4.69) is 47.0 Å². The summed E-state index contributed by atoms with van der Waals surface area (Å²) in [7, 11) is -3.41. The van der Waals surface area contributed by atoms with Gasteiger partial charge in [-0.15, -0.1) is 0 Å². The van der Waals surface area contributed by atoms with Crippen LogP contribution in [-0.4, -0.2) is 44.8 Å². The number of rotatable bonds is 5. The number of H-pyrrole nitrogens is 2. The summed E-state index contributed by atoms with van der Waals surface area (Å²) in [6.45, 7) is 0. The van der Waals surface area contributed by atoms with E-state index in [-0.39, 0.29) is 0 Å². The highest BCUT2D eigenvalue weighted by atomic mass is 32.2. The number of benzene rings is 1. The van der Waals surface area contributed by atoms with Crippen LogP contribution in [0.5, 0.6) is 0 Å². The third-order valence-corrected chi connectivity index (χ3v) is 6.27. The normalized spacial score (nSPS) is 11.8. The Morgan fingerprint density at radius 3 is 2.60 bits per heavy atom. The zero-order chi connectivity index (χ0) is 24.0. The van der Waals surface area contributed by atoms with Crippen LogP contribution in [0.15, 0.2) is 79.4 Å². The molecule has 6 rings (SSSR count). The van der Waals surface area contributed by atoms with Crippen LogP contribution in [0.2, 0.25) is 0 Å². The Hall–Kier alpha value is -4.57. The van der Waals surface area contributed by atoms with Crippen LogP contribution in [0, 0.1) is 0 Å². The molecule has 0 amide bonds. The Morgan fingerprint density at radius 1 is 0.886 bits per heavy atom. The predicted molar refractivity (Wildman–Crippen MR) is 136 cm³/mol. The lowest BCUT2D eigenvalue weighted by atomic mass is 10.1. The number of nitrogens with zero attached hydrogens (tertiary/aromatic N) is 4. The average molecular weight is 482 g/mol. The van der Waals surface area contributed by atoms with Gasteiger partial charge in [0.2, 0.25) is 10.0 Å². The molecule has 0 aliphatic heterocycles. The Balaban J connectivity index is 1.45. The highest BCUT2D eigenvalue weighted by Gasteiger charge is 2.15. The molecule has 5 aromatic heterocycles. The van der Waals surface area contributed by atoms with Crippen molar-refractivity contribution in [1.29, 1.82) is 0 Å². The summed E-state index contributed by atoms with van der Waals surface area (Å²) in [5, 5.41) is 9.36. The summed E-state index contributed by atoms with van der Waals surface area (Å²) in [4.78, 5) is 16.6. The van der Waals surface area contributed by atoms with Gasteiger partial charge in [0.15, 0.2) is 5.65 Å². The van der Waals surface area contributed by atoms with Crippen molar-refractivity contribution in [3.8, 4) is 33.8 Å². The van der Waals surface area contributed by atoms with Gasteiger partial charge in [-0.25, -0.2) is 13.4 Å². The summed E-state index contributed by atoms with van der Waals surface area (Å²) in [5.41, 5.74) is 7.07. The first kappa shape index (κ1) is 21.0. The number of hydrogen-bond donors (Lipinski definition) is 3. The standard InChI is InChI=1S/C25H19N7O2S/c1-35(33,34)32-17-9-15(12-26-14-17)16-10-20-24(30-31-25(20)28-13-16)23-11-19-18(5-4-7-22(19)29-23)21-6-2-3-8-27-21/h2-14,29,32H,1H3,(H,28,30,31). The second kappa shape index (κ2) is 8.03. The fourth-order valence-electron chi connectivity index (χ4n) is 4.17. The van der Waals surface area contributed by atoms with E-state index in [1.54, 1.807) is 24.7 Å². The lowest BCUT2D eigenvalue weighted by Gasteiger charge is -2.06. The first-order chi connectivity index (χ1) is 16.9. The lowest BCUT2D eigenvalue weighted by molar-refractivity contribution is 0.607. The van der Waals surface area contributed by atoms with Gasteiger partial charge < -0.3 is 4.98 Å². The zero-order valence-electron chi connectivity index (χ0n) is 18.5. The maximum atomic E-state index is 11.6. The van der Waals surface area contributed by atoms with E-state index < -0.39 is 10.0 Å². The Morgan fingerprint density at radius 2 is 1.77 bits per heavy atom. The van der Waals surface area contributed by atoms with Crippen molar-refractivity contribution in [2.24, 2.45) is 0 Å². The topological polar surface area (TPSA) is 129 Å². The van der Waals surface area contributed by atoms with Crippen molar-refractivity contribution in [2.75, 3.05) is 11.0 Å². The largest absolute Gasteiger partial charge is 0.353 e. The van der Waals surface area contributed by atoms with Crippen molar-refractivity contribution >= 4 is 37.6 Å². The lowest BCUT2D eigenvalue weighted by Crippen LogP contribution is -2.09. The zero-order valence-corrected chi connectivity index (χ0v) is 19.3. The number of fused-ring (bicyclic) bond motifs is 2. The number of aromatic nitrogens is 6. The van der Waals surface area contributed by atoms with Gasteiger partial charge >= 0.3 is 0 Å². The van der Waals surface area contributed by atoms with Gasteiger partial charge in [-0.05, 0) is 36.4 Å². The molecule has 1 aromatic carbocycles. The van der Waals surface area contributed by atoms with Gasteiger partial charge in [-0.1, -0.05) is 18.2 Å². The molecule has 9 nitrogen and oxygen atoms in total. The summed E-state index contributed by atoms with van der Waals surface area (Å²) >= 11 is 0. The number of nitrogens with one attached hydrogen (secondary N) is 3. The van der Waals surface area contributed by atoms with E-state index in [0.29, 0.717) is 11.3 Å². The van der Waals surface area contributed by atoms with Gasteiger partial charge in [-0.2, -0.15) is 5.10 Å². The maximum Gasteiger partial charge on any atom is 0.229 e. The fourth-order valence-corrected chi connectivity index (χ4v) is 4.71. The molecule has 0 saturated carbocycles. The third-order valence-electron chi connectivity index (χ3n) is 5.66. The number of pyridine rings is 3. The van der Waals surface area contributed by atoms with E-state index in [4.69, 9.17) is 0 Å². The van der Waals surface area contributed by atoms with E-state index >= 15 is 0 Å². The van der Waals surface area contributed by atoms with Crippen LogP contribution < -0.4 is 4.72 Å². The van der Waals surface area contributed by atoms with Crippen molar-refractivity contribution in [3.63, 3.8) is 0 Å². The minimum atomic E-state index is -3.41. The second-order valence-electron chi connectivity index (χ2n) is 8.20. The summed E-state index contributed by atoms with van der Waals surface area (Å²) in [6.07, 6.45) is 7.71. The predicted octanol–water partition coefficient (Wildman–Crippen LogP) is 4.60.